The van der Waals surface area contributed by atoms with Crippen molar-refractivity contribution in [3.63, 3.8) is 0 Å². The number of carbonyl (C=O) groups is 2. The van der Waals surface area contributed by atoms with Gasteiger partial charge in [-0.2, -0.15) is 0 Å². The lowest BCUT2D eigenvalue weighted by atomic mass is 10.1. The number of rotatable bonds is 27. The van der Waals surface area contributed by atoms with E-state index in [-0.39, 0.29) is 25.2 Å². The van der Waals surface area contributed by atoms with Crippen LogP contribution in [-0.2, 0) is 23.8 Å². The summed E-state index contributed by atoms with van der Waals surface area (Å²) < 4.78 is 16.5. The first kappa shape index (κ1) is 34.6. The van der Waals surface area contributed by atoms with Crippen molar-refractivity contribution in [3.05, 3.63) is 12.2 Å². The van der Waals surface area contributed by atoms with Crippen LogP contribution in [0.1, 0.15) is 149 Å². The fourth-order valence-corrected chi connectivity index (χ4v) is 3.94. The quantitative estimate of drug-likeness (QED) is 0.0627. The van der Waals surface area contributed by atoms with Crippen LogP contribution >= 0.6 is 0 Å². The minimum atomic E-state index is -0.519. The second-order valence-electron chi connectivity index (χ2n) is 10.0. The summed E-state index contributed by atoms with van der Waals surface area (Å²) in [6.07, 6.45) is 25.9. The zero-order valence-electron chi connectivity index (χ0n) is 24.0. The lowest BCUT2D eigenvalue weighted by molar-refractivity contribution is -0.163. The van der Waals surface area contributed by atoms with Crippen LogP contribution in [0.3, 0.4) is 0 Å². The Morgan fingerprint density at radius 1 is 0.583 bits per heavy atom. The first-order valence-corrected chi connectivity index (χ1v) is 15.2. The Hall–Kier alpha value is -1.36. The third kappa shape index (κ3) is 25.7. The molecule has 0 aromatic carbocycles. The molecule has 0 radical (unpaired) electrons. The SMILES string of the molecule is CCCCCCCC/C=C\CCCCCCCC(=O)OC[C@@H](COCCCC)OC(=O)CCCCC. The second-order valence-corrected chi connectivity index (χ2v) is 10.0. The van der Waals surface area contributed by atoms with Crippen molar-refractivity contribution >= 4 is 11.9 Å². The molecule has 0 aromatic rings. The Morgan fingerprint density at radius 2 is 1.08 bits per heavy atom. The minimum Gasteiger partial charge on any atom is -0.462 e. The molecule has 36 heavy (non-hydrogen) atoms. The van der Waals surface area contributed by atoms with Gasteiger partial charge in [-0.25, -0.2) is 0 Å². The van der Waals surface area contributed by atoms with Crippen LogP contribution in [0.2, 0.25) is 0 Å². The highest BCUT2D eigenvalue weighted by Crippen LogP contribution is 2.11. The monoisotopic (exact) mass is 510 g/mol. The van der Waals surface area contributed by atoms with E-state index in [1.54, 1.807) is 0 Å². The molecule has 0 bridgehead atoms. The Morgan fingerprint density at radius 3 is 1.72 bits per heavy atom. The summed E-state index contributed by atoms with van der Waals surface area (Å²) in [5.41, 5.74) is 0. The molecule has 0 aliphatic heterocycles. The molecule has 5 heteroatoms. The summed E-state index contributed by atoms with van der Waals surface area (Å²) in [7, 11) is 0. The maximum Gasteiger partial charge on any atom is 0.306 e. The maximum absolute atomic E-state index is 12.1. The van der Waals surface area contributed by atoms with Crippen molar-refractivity contribution < 1.29 is 23.8 Å². The molecule has 0 heterocycles. The summed E-state index contributed by atoms with van der Waals surface area (Å²) in [6, 6.07) is 0. The second kappa shape index (κ2) is 28.2. The number of hydrogen-bond donors (Lipinski definition) is 0. The van der Waals surface area contributed by atoms with E-state index in [0.29, 0.717) is 19.4 Å². The molecule has 0 amide bonds. The van der Waals surface area contributed by atoms with Crippen molar-refractivity contribution in [1.82, 2.24) is 0 Å². The lowest BCUT2D eigenvalue weighted by Gasteiger charge is -2.18. The van der Waals surface area contributed by atoms with Crippen molar-refractivity contribution in [2.24, 2.45) is 0 Å². The van der Waals surface area contributed by atoms with E-state index in [9.17, 15) is 9.59 Å². The number of unbranched alkanes of at least 4 members (excludes halogenated alkanes) is 14. The normalized spacial score (nSPS) is 12.2. The molecule has 0 spiro atoms. The van der Waals surface area contributed by atoms with Gasteiger partial charge in [-0.15, -0.1) is 0 Å². The smallest absolute Gasteiger partial charge is 0.306 e. The van der Waals surface area contributed by atoms with Gasteiger partial charge in [0, 0.05) is 19.4 Å². The molecular formula is C31H58O5. The van der Waals surface area contributed by atoms with Crippen molar-refractivity contribution in [2.45, 2.75) is 155 Å². The highest BCUT2D eigenvalue weighted by Gasteiger charge is 2.17. The Balaban J connectivity index is 3.82. The minimum absolute atomic E-state index is 0.0789. The largest absolute Gasteiger partial charge is 0.462 e. The molecule has 0 rings (SSSR count). The van der Waals surface area contributed by atoms with Gasteiger partial charge in [0.05, 0.1) is 6.61 Å². The lowest BCUT2D eigenvalue weighted by Crippen LogP contribution is -2.30. The van der Waals surface area contributed by atoms with Crippen LogP contribution < -0.4 is 0 Å². The van der Waals surface area contributed by atoms with Crippen LogP contribution in [0.5, 0.6) is 0 Å². The van der Waals surface area contributed by atoms with E-state index in [2.05, 4.69) is 32.9 Å². The fraction of sp³-hybridized carbons (Fsp3) is 0.871. The van der Waals surface area contributed by atoms with E-state index >= 15 is 0 Å². The van der Waals surface area contributed by atoms with Crippen LogP contribution in [0.4, 0.5) is 0 Å². The van der Waals surface area contributed by atoms with Gasteiger partial charge < -0.3 is 14.2 Å². The van der Waals surface area contributed by atoms with Gasteiger partial charge in [0.1, 0.15) is 6.61 Å². The predicted molar refractivity (Wildman–Crippen MR) is 150 cm³/mol. The Kier molecular flexibility index (Phi) is 27.1. The van der Waals surface area contributed by atoms with E-state index in [0.717, 1.165) is 57.8 Å². The molecule has 0 N–H and O–H groups in total. The topological polar surface area (TPSA) is 61.8 Å². The standard InChI is InChI=1S/C31H58O5/c1-4-7-10-11-12-13-14-15-16-17-18-19-20-21-23-24-30(32)35-28-29(27-34-26-9-6-3)36-31(33)25-22-8-5-2/h15-16,29H,4-14,17-28H2,1-3H3/b16-15-/t29-/m1/s1. The molecule has 5 nitrogen and oxygen atoms in total. The molecule has 0 aliphatic rings. The molecular weight excluding hydrogens is 452 g/mol. The summed E-state index contributed by atoms with van der Waals surface area (Å²) in [4.78, 5) is 24.2. The molecule has 1 atom stereocenters. The van der Waals surface area contributed by atoms with Gasteiger partial charge in [0.2, 0.25) is 0 Å². The third-order valence-electron chi connectivity index (χ3n) is 6.30. The highest BCUT2D eigenvalue weighted by molar-refractivity contribution is 5.70. The van der Waals surface area contributed by atoms with Crippen molar-refractivity contribution in [1.29, 1.82) is 0 Å². The van der Waals surface area contributed by atoms with Gasteiger partial charge in [-0.1, -0.05) is 104 Å². The first-order chi connectivity index (χ1) is 17.6. The average molecular weight is 511 g/mol. The molecule has 0 unspecified atom stereocenters. The number of ether oxygens (including phenoxy) is 3. The number of esters is 2. The number of allylic oxidation sites excluding steroid dienone is 2. The fourth-order valence-electron chi connectivity index (χ4n) is 3.94. The van der Waals surface area contributed by atoms with Crippen LogP contribution in [0.25, 0.3) is 0 Å². The first-order valence-electron chi connectivity index (χ1n) is 15.2. The van der Waals surface area contributed by atoms with Gasteiger partial charge >= 0.3 is 11.9 Å². The predicted octanol–water partition coefficient (Wildman–Crippen LogP) is 8.88. The summed E-state index contributed by atoms with van der Waals surface area (Å²) in [5, 5.41) is 0. The maximum atomic E-state index is 12.1. The van der Waals surface area contributed by atoms with Crippen LogP contribution in [-0.4, -0.2) is 37.9 Å². The molecule has 0 saturated carbocycles. The van der Waals surface area contributed by atoms with Crippen molar-refractivity contribution in [2.75, 3.05) is 19.8 Å². The summed E-state index contributed by atoms with van der Waals surface area (Å²) >= 11 is 0. The Bertz CT molecular complexity index is 517. The van der Waals surface area contributed by atoms with Gasteiger partial charge in [0.15, 0.2) is 6.10 Å². The zero-order valence-corrected chi connectivity index (χ0v) is 24.0. The van der Waals surface area contributed by atoms with E-state index in [1.807, 2.05) is 0 Å². The van der Waals surface area contributed by atoms with Gasteiger partial charge in [-0.3, -0.25) is 9.59 Å². The zero-order chi connectivity index (χ0) is 26.5. The Labute approximate surface area is 223 Å². The van der Waals surface area contributed by atoms with E-state index in [1.165, 1.54) is 57.8 Å². The average Bonchev–Trinajstić information content (AvgIpc) is 2.87. The van der Waals surface area contributed by atoms with E-state index < -0.39 is 6.10 Å². The molecule has 0 fully saturated rings. The molecule has 212 valence electrons. The molecule has 0 saturated heterocycles. The van der Waals surface area contributed by atoms with Crippen molar-refractivity contribution in [3.8, 4) is 0 Å². The van der Waals surface area contributed by atoms with E-state index in [4.69, 9.17) is 14.2 Å². The van der Waals surface area contributed by atoms with Gasteiger partial charge in [0.25, 0.3) is 0 Å². The number of hydrogen-bond acceptors (Lipinski definition) is 5. The molecule has 0 aromatic heterocycles. The van der Waals surface area contributed by atoms with Gasteiger partial charge in [-0.05, 0) is 44.9 Å². The molecule has 0 aliphatic carbocycles. The summed E-state index contributed by atoms with van der Waals surface area (Å²) in [5.74, 6) is -0.450. The number of carbonyl (C=O) groups excluding carboxylic acids is 2. The summed E-state index contributed by atoms with van der Waals surface area (Å²) in [6.45, 7) is 7.45. The van der Waals surface area contributed by atoms with Crippen LogP contribution in [0.15, 0.2) is 12.2 Å². The van der Waals surface area contributed by atoms with Crippen LogP contribution in [0, 0.1) is 0 Å². The highest BCUT2D eigenvalue weighted by atomic mass is 16.6. The third-order valence-corrected chi connectivity index (χ3v) is 6.30.